The number of carbonyl (C=O) groups excluding carboxylic acids is 1. The predicted molar refractivity (Wildman–Crippen MR) is 97.6 cm³/mol. The molecule has 0 radical (unpaired) electrons. The summed E-state index contributed by atoms with van der Waals surface area (Å²) in [6.45, 7) is 6.20. The van der Waals surface area contributed by atoms with Crippen LogP contribution in [0.4, 0.5) is 0 Å². The molecule has 7 heteroatoms. The van der Waals surface area contributed by atoms with Crippen molar-refractivity contribution in [3.63, 3.8) is 0 Å². The average Bonchev–Trinajstić information content (AvgIpc) is 2.84. The lowest BCUT2D eigenvalue weighted by atomic mass is 10.1. The van der Waals surface area contributed by atoms with Crippen molar-refractivity contribution in [1.82, 2.24) is 5.01 Å². The number of nitrogens with zero attached hydrogens (tertiary/aromatic N) is 2. The SMILES string of the molecule is C=CCc1cc(/C=N/N2C(=O)CSC2=S)cc(OCC)c1OC. The van der Waals surface area contributed by atoms with E-state index in [-0.39, 0.29) is 5.91 Å². The number of hydrogen-bond acceptors (Lipinski definition) is 6. The molecule has 0 atom stereocenters. The van der Waals surface area contributed by atoms with Gasteiger partial charge in [0.1, 0.15) is 0 Å². The second-order valence-electron chi connectivity index (χ2n) is 4.64. The number of hydrazone groups is 1. The van der Waals surface area contributed by atoms with Crippen LogP contribution in [0, 0.1) is 0 Å². The average molecular weight is 350 g/mol. The first-order valence-corrected chi connectivity index (χ1v) is 8.48. The smallest absolute Gasteiger partial charge is 0.259 e. The fraction of sp³-hybridized carbons (Fsp3) is 0.312. The van der Waals surface area contributed by atoms with E-state index in [1.807, 2.05) is 19.1 Å². The number of thiocarbonyl (C=S) groups is 1. The van der Waals surface area contributed by atoms with Crippen LogP contribution in [0.1, 0.15) is 18.1 Å². The number of thioether (sulfide) groups is 1. The summed E-state index contributed by atoms with van der Waals surface area (Å²) in [5.41, 5.74) is 1.75. The predicted octanol–water partition coefficient (Wildman–Crippen LogP) is 3.02. The maximum absolute atomic E-state index is 11.7. The Bertz CT molecular complexity index is 643. The summed E-state index contributed by atoms with van der Waals surface area (Å²) in [5.74, 6) is 1.55. The van der Waals surface area contributed by atoms with Crippen molar-refractivity contribution in [3.8, 4) is 11.5 Å². The van der Waals surface area contributed by atoms with Crippen molar-refractivity contribution in [2.45, 2.75) is 13.3 Å². The standard InChI is InChI=1S/C16H18N2O3S2/c1-4-6-12-7-11(8-13(21-5-2)15(12)20-3)9-17-18-14(19)10-23-16(18)22/h4,7-9H,1,5-6,10H2,2-3H3/b17-9+. The highest BCUT2D eigenvalue weighted by Gasteiger charge is 2.26. The third-order valence-electron chi connectivity index (χ3n) is 3.07. The molecule has 1 aromatic carbocycles. The summed E-state index contributed by atoms with van der Waals surface area (Å²) in [7, 11) is 1.61. The molecule has 1 fully saturated rings. The molecule has 0 N–H and O–H groups in total. The van der Waals surface area contributed by atoms with E-state index in [0.717, 1.165) is 11.1 Å². The van der Waals surface area contributed by atoms with E-state index >= 15 is 0 Å². The van der Waals surface area contributed by atoms with Crippen molar-refractivity contribution >= 4 is 40.4 Å². The molecule has 0 aliphatic carbocycles. The van der Waals surface area contributed by atoms with Crippen LogP contribution in [0.5, 0.6) is 11.5 Å². The monoisotopic (exact) mass is 350 g/mol. The molecule has 1 saturated heterocycles. The van der Waals surface area contributed by atoms with Gasteiger partial charge in [-0.1, -0.05) is 30.1 Å². The lowest BCUT2D eigenvalue weighted by Gasteiger charge is -2.14. The minimum Gasteiger partial charge on any atom is -0.493 e. The number of amides is 1. The highest BCUT2D eigenvalue weighted by molar-refractivity contribution is 8.23. The van der Waals surface area contributed by atoms with Crippen LogP contribution in [0.25, 0.3) is 0 Å². The first kappa shape index (κ1) is 17.5. The number of rotatable bonds is 7. The van der Waals surface area contributed by atoms with Gasteiger partial charge in [0.15, 0.2) is 15.8 Å². The summed E-state index contributed by atoms with van der Waals surface area (Å²) in [6.07, 6.45) is 4.04. The second kappa shape index (κ2) is 8.12. The molecule has 0 spiro atoms. The van der Waals surface area contributed by atoms with E-state index < -0.39 is 0 Å². The van der Waals surface area contributed by atoms with Gasteiger partial charge in [-0.25, -0.2) is 0 Å². The molecular formula is C16H18N2O3S2. The number of benzene rings is 1. The number of carbonyl (C=O) groups is 1. The van der Waals surface area contributed by atoms with Crippen LogP contribution in [-0.2, 0) is 11.2 Å². The van der Waals surface area contributed by atoms with Gasteiger partial charge in [-0.05, 0) is 31.0 Å². The molecule has 1 aliphatic heterocycles. The normalized spacial score (nSPS) is 14.6. The maximum atomic E-state index is 11.7. The number of methoxy groups -OCH3 is 1. The summed E-state index contributed by atoms with van der Waals surface area (Å²) in [4.78, 5) is 11.7. The summed E-state index contributed by atoms with van der Waals surface area (Å²) in [5, 5.41) is 5.44. The molecule has 0 unspecified atom stereocenters. The van der Waals surface area contributed by atoms with Gasteiger partial charge < -0.3 is 9.47 Å². The fourth-order valence-electron chi connectivity index (χ4n) is 2.14. The van der Waals surface area contributed by atoms with Crippen molar-refractivity contribution in [2.24, 2.45) is 5.10 Å². The first-order valence-electron chi connectivity index (χ1n) is 7.09. The summed E-state index contributed by atoms with van der Waals surface area (Å²) >= 11 is 6.42. The third-order valence-corrected chi connectivity index (χ3v) is 4.41. The van der Waals surface area contributed by atoms with Gasteiger partial charge in [-0.2, -0.15) is 10.1 Å². The Balaban J connectivity index is 2.35. The van der Waals surface area contributed by atoms with E-state index in [2.05, 4.69) is 11.7 Å². The van der Waals surface area contributed by atoms with E-state index in [1.54, 1.807) is 19.4 Å². The summed E-state index contributed by atoms with van der Waals surface area (Å²) in [6, 6.07) is 3.76. The molecular weight excluding hydrogens is 332 g/mol. The molecule has 1 amide bonds. The minimum atomic E-state index is -0.110. The molecule has 2 rings (SSSR count). The lowest BCUT2D eigenvalue weighted by molar-refractivity contribution is -0.123. The van der Waals surface area contributed by atoms with Crippen LogP contribution in [0.15, 0.2) is 29.9 Å². The molecule has 5 nitrogen and oxygen atoms in total. The van der Waals surface area contributed by atoms with E-state index in [1.165, 1.54) is 16.8 Å². The second-order valence-corrected chi connectivity index (χ2v) is 6.25. The number of ether oxygens (including phenoxy) is 2. The number of hydrogen-bond donors (Lipinski definition) is 0. The van der Waals surface area contributed by atoms with Crippen LogP contribution in [0.3, 0.4) is 0 Å². The Labute approximate surface area is 145 Å². The van der Waals surface area contributed by atoms with E-state index in [9.17, 15) is 4.79 Å². The molecule has 0 bridgehead atoms. The van der Waals surface area contributed by atoms with Gasteiger partial charge in [-0.3, -0.25) is 4.79 Å². The van der Waals surface area contributed by atoms with E-state index in [0.29, 0.717) is 34.6 Å². The third kappa shape index (κ3) is 4.11. The first-order chi connectivity index (χ1) is 11.1. The lowest BCUT2D eigenvalue weighted by Crippen LogP contribution is -2.22. The largest absolute Gasteiger partial charge is 0.493 e. The van der Waals surface area contributed by atoms with Crippen molar-refractivity contribution in [1.29, 1.82) is 0 Å². The molecule has 122 valence electrons. The van der Waals surface area contributed by atoms with E-state index in [4.69, 9.17) is 21.7 Å². The van der Waals surface area contributed by atoms with Gasteiger partial charge in [-0.15, -0.1) is 6.58 Å². The van der Waals surface area contributed by atoms with Crippen molar-refractivity contribution < 1.29 is 14.3 Å². The Morgan fingerprint density at radius 2 is 2.30 bits per heavy atom. The van der Waals surface area contributed by atoms with Crippen LogP contribution >= 0.6 is 24.0 Å². The molecule has 0 aromatic heterocycles. The van der Waals surface area contributed by atoms with Crippen molar-refractivity contribution in [3.05, 3.63) is 35.9 Å². The van der Waals surface area contributed by atoms with Crippen LogP contribution in [0.2, 0.25) is 0 Å². The molecule has 23 heavy (non-hydrogen) atoms. The Morgan fingerprint density at radius 3 is 2.87 bits per heavy atom. The number of allylic oxidation sites excluding steroid dienone is 1. The van der Waals surface area contributed by atoms with Gasteiger partial charge >= 0.3 is 0 Å². The Kier molecular flexibility index (Phi) is 6.18. The zero-order valence-corrected chi connectivity index (χ0v) is 14.7. The molecule has 0 saturated carbocycles. The summed E-state index contributed by atoms with van der Waals surface area (Å²) < 4.78 is 11.5. The fourth-order valence-corrected chi connectivity index (χ4v) is 3.11. The molecule has 1 aliphatic rings. The quantitative estimate of drug-likeness (QED) is 0.430. The van der Waals surface area contributed by atoms with Gasteiger partial charge in [0, 0.05) is 5.56 Å². The topological polar surface area (TPSA) is 51.1 Å². The maximum Gasteiger partial charge on any atom is 0.259 e. The van der Waals surface area contributed by atoms with Gasteiger partial charge in [0.05, 0.1) is 25.7 Å². The van der Waals surface area contributed by atoms with Crippen LogP contribution < -0.4 is 9.47 Å². The Morgan fingerprint density at radius 1 is 1.52 bits per heavy atom. The molecule has 1 aromatic rings. The van der Waals surface area contributed by atoms with Gasteiger partial charge in [0.25, 0.3) is 5.91 Å². The molecule has 1 heterocycles. The van der Waals surface area contributed by atoms with Crippen molar-refractivity contribution in [2.75, 3.05) is 19.5 Å². The van der Waals surface area contributed by atoms with Crippen LogP contribution in [-0.4, -0.2) is 40.9 Å². The van der Waals surface area contributed by atoms with Gasteiger partial charge in [0.2, 0.25) is 0 Å². The highest BCUT2D eigenvalue weighted by Crippen LogP contribution is 2.33. The Hall–Kier alpha value is -1.86. The zero-order valence-electron chi connectivity index (χ0n) is 13.1. The zero-order chi connectivity index (χ0) is 16.8. The minimum absolute atomic E-state index is 0.110. The highest BCUT2D eigenvalue weighted by atomic mass is 32.2.